The van der Waals surface area contributed by atoms with Crippen LogP contribution in [0.3, 0.4) is 0 Å². The monoisotopic (exact) mass is 288 g/mol. The zero-order valence-electron chi connectivity index (χ0n) is 11.2. The minimum Gasteiger partial charge on any atom is -0.396 e. The summed E-state index contributed by atoms with van der Waals surface area (Å²) < 4.78 is 37.3. The van der Waals surface area contributed by atoms with Gasteiger partial charge in [0.05, 0.1) is 12.2 Å². The van der Waals surface area contributed by atoms with Crippen LogP contribution in [0, 0.1) is 5.41 Å². The summed E-state index contributed by atoms with van der Waals surface area (Å²) in [4.78, 5) is 3.78. The summed E-state index contributed by atoms with van der Waals surface area (Å²) >= 11 is 0. The molecule has 2 rings (SSSR count). The van der Waals surface area contributed by atoms with Crippen LogP contribution in [0.5, 0.6) is 0 Å². The van der Waals surface area contributed by atoms with Gasteiger partial charge in [-0.05, 0) is 25.0 Å². The second kappa shape index (κ2) is 5.99. The Labute approximate surface area is 116 Å². The highest BCUT2D eigenvalue weighted by molar-refractivity contribution is 5.36. The Hall–Kier alpha value is -1.30. The predicted octanol–water partition coefficient (Wildman–Crippen LogP) is 3.46. The van der Waals surface area contributed by atoms with Crippen molar-refractivity contribution in [3.05, 3.63) is 23.9 Å². The summed E-state index contributed by atoms with van der Waals surface area (Å²) in [5, 5.41) is 12.6. The average Bonchev–Trinajstić information content (AvgIpc) is 2.46. The van der Waals surface area contributed by atoms with Crippen molar-refractivity contribution in [1.29, 1.82) is 0 Å². The van der Waals surface area contributed by atoms with Gasteiger partial charge >= 0.3 is 6.18 Å². The highest BCUT2D eigenvalue weighted by Crippen LogP contribution is 2.36. The molecule has 0 unspecified atom stereocenters. The van der Waals surface area contributed by atoms with E-state index in [1.807, 2.05) is 0 Å². The minimum atomic E-state index is -4.36. The topological polar surface area (TPSA) is 45.1 Å². The van der Waals surface area contributed by atoms with Gasteiger partial charge in [0.2, 0.25) is 0 Å². The van der Waals surface area contributed by atoms with Gasteiger partial charge in [0.1, 0.15) is 5.82 Å². The van der Waals surface area contributed by atoms with Crippen molar-refractivity contribution < 1.29 is 18.3 Å². The van der Waals surface area contributed by atoms with E-state index in [0.717, 1.165) is 37.9 Å². The first-order valence-electron chi connectivity index (χ1n) is 6.83. The molecular formula is C14H19F3N2O. The van der Waals surface area contributed by atoms with Gasteiger partial charge in [-0.3, -0.25) is 0 Å². The van der Waals surface area contributed by atoms with E-state index in [9.17, 15) is 18.3 Å². The highest BCUT2D eigenvalue weighted by Gasteiger charge is 2.32. The van der Waals surface area contributed by atoms with Crippen LogP contribution >= 0.6 is 0 Å². The quantitative estimate of drug-likeness (QED) is 0.892. The van der Waals surface area contributed by atoms with Crippen LogP contribution in [0.2, 0.25) is 0 Å². The number of hydrogen-bond acceptors (Lipinski definition) is 3. The minimum absolute atomic E-state index is 0.0979. The second-order valence-corrected chi connectivity index (χ2v) is 5.50. The van der Waals surface area contributed by atoms with Crippen LogP contribution in [0.15, 0.2) is 18.3 Å². The van der Waals surface area contributed by atoms with Crippen molar-refractivity contribution in [2.75, 3.05) is 18.5 Å². The van der Waals surface area contributed by atoms with Gasteiger partial charge in [-0.1, -0.05) is 19.3 Å². The molecule has 1 aliphatic rings. The Morgan fingerprint density at radius 2 is 1.90 bits per heavy atom. The van der Waals surface area contributed by atoms with Crippen molar-refractivity contribution in [3.8, 4) is 0 Å². The van der Waals surface area contributed by atoms with E-state index >= 15 is 0 Å². The van der Waals surface area contributed by atoms with Crippen LogP contribution in [-0.2, 0) is 6.18 Å². The molecule has 1 aliphatic carbocycles. The molecule has 112 valence electrons. The number of nitrogens with zero attached hydrogens (tertiary/aromatic N) is 1. The van der Waals surface area contributed by atoms with Crippen molar-refractivity contribution in [1.82, 2.24) is 4.98 Å². The maximum Gasteiger partial charge on any atom is 0.417 e. The molecule has 1 heterocycles. The van der Waals surface area contributed by atoms with E-state index in [0.29, 0.717) is 12.4 Å². The Morgan fingerprint density at radius 3 is 2.40 bits per heavy atom. The number of nitrogens with one attached hydrogen (secondary N) is 1. The molecular weight excluding hydrogens is 269 g/mol. The van der Waals surface area contributed by atoms with E-state index in [-0.39, 0.29) is 12.0 Å². The van der Waals surface area contributed by atoms with Crippen molar-refractivity contribution in [2.45, 2.75) is 38.3 Å². The van der Waals surface area contributed by atoms with Crippen LogP contribution in [0.1, 0.15) is 37.7 Å². The fraction of sp³-hybridized carbons (Fsp3) is 0.643. The molecule has 1 saturated carbocycles. The molecule has 0 amide bonds. The van der Waals surface area contributed by atoms with Gasteiger partial charge in [0, 0.05) is 18.2 Å². The number of alkyl halides is 3. The van der Waals surface area contributed by atoms with Gasteiger partial charge in [0.25, 0.3) is 0 Å². The molecule has 0 atom stereocenters. The lowest BCUT2D eigenvalue weighted by Gasteiger charge is -2.35. The number of aliphatic hydroxyl groups excluding tert-OH is 1. The maximum atomic E-state index is 12.4. The largest absolute Gasteiger partial charge is 0.417 e. The molecule has 0 spiro atoms. The molecule has 3 nitrogen and oxygen atoms in total. The lowest BCUT2D eigenvalue weighted by Crippen LogP contribution is -2.35. The zero-order valence-corrected chi connectivity index (χ0v) is 11.2. The van der Waals surface area contributed by atoms with E-state index in [1.165, 1.54) is 12.5 Å². The van der Waals surface area contributed by atoms with Crippen LogP contribution in [0.4, 0.5) is 19.0 Å². The van der Waals surface area contributed by atoms with E-state index < -0.39 is 11.7 Å². The van der Waals surface area contributed by atoms with E-state index in [1.54, 1.807) is 0 Å². The number of aliphatic hydroxyl groups is 1. The molecule has 0 radical (unpaired) electrons. The Balaban J connectivity index is 1.96. The van der Waals surface area contributed by atoms with Crippen LogP contribution < -0.4 is 5.32 Å². The number of halogens is 3. The SMILES string of the molecule is OCC1(CNc2ccc(C(F)(F)F)cn2)CCCCC1. The first-order chi connectivity index (χ1) is 9.45. The standard InChI is InChI=1S/C14H19F3N2O/c15-14(16,17)11-4-5-12(18-8-11)19-9-13(10-20)6-2-1-3-7-13/h4-5,8,20H,1-3,6-7,9-10H2,(H,18,19). The zero-order chi connectivity index (χ0) is 14.6. The number of pyridine rings is 1. The summed E-state index contributed by atoms with van der Waals surface area (Å²) in [5.74, 6) is 0.413. The number of hydrogen-bond donors (Lipinski definition) is 2. The third-order valence-corrected chi connectivity index (χ3v) is 3.98. The average molecular weight is 288 g/mol. The maximum absolute atomic E-state index is 12.4. The smallest absolute Gasteiger partial charge is 0.396 e. The highest BCUT2D eigenvalue weighted by atomic mass is 19.4. The Morgan fingerprint density at radius 1 is 1.20 bits per heavy atom. The predicted molar refractivity (Wildman–Crippen MR) is 70.3 cm³/mol. The molecule has 0 bridgehead atoms. The third-order valence-electron chi connectivity index (χ3n) is 3.98. The normalized spacial score (nSPS) is 18.8. The summed E-state index contributed by atoms with van der Waals surface area (Å²) in [6, 6.07) is 2.35. The Kier molecular flexibility index (Phi) is 4.52. The fourth-order valence-electron chi connectivity index (χ4n) is 2.64. The van der Waals surface area contributed by atoms with E-state index in [4.69, 9.17) is 0 Å². The van der Waals surface area contributed by atoms with Gasteiger partial charge in [-0.25, -0.2) is 4.98 Å². The molecule has 0 aliphatic heterocycles. The van der Waals surface area contributed by atoms with Gasteiger partial charge in [-0.2, -0.15) is 13.2 Å². The number of rotatable bonds is 4. The first-order valence-corrected chi connectivity index (χ1v) is 6.83. The summed E-state index contributed by atoms with van der Waals surface area (Å²) in [7, 11) is 0. The number of anilines is 1. The van der Waals surface area contributed by atoms with Crippen LogP contribution in [0.25, 0.3) is 0 Å². The Bertz CT molecular complexity index is 425. The van der Waals surface area contributed by atoms with Crippen molar-refractivity contribution in [2.24, 2.45) is 5.41 Å². The van der Waals surface area contributed by atoms with Gasteiger partial charge < -0.3 is 10.4 Å². The second-order valence-electron chi connectivity index (χ2n) is 5.50. The van der Waals surface area contributed by atoms with Crippen molar-refractivity contribution >= 4 is 5.82 Å². The fourth-order valence-corrected chi connectivity index (χ4v) is 2.64. The molecule has 0 aromatic carbocycles. The number of aromatic nitrogens is 1. The summed E-state index contributed by atoms with van der Waals surface area (Å²) in [6.07, 6.45) is 1.70. The van der Waals surface area contributed by atoms with Gasteiger partial charge in [0.15, 0.2) is 0 Å². The lowest BCUT2D eigenvalue weighted by molar-refractivity contribution is -0.137. The molecule has 1 aromatic heterocycles. The third kappa shape index (κ3) is 3.62. The first kappa shape index (κ1) is 15.1. The van der Waals surface area contributed by atoms with Gasteiger partial charge in [-0.15, -0.1) is 0 Å². The summed E-state index contributed by atoms with van der Waals surface area (Å²) in [5.41, 5.74) is -0.916. The summed E-state index contributed by atoms with van der Waals surface area (Å²) in [6.45, 7) is 0.641. The molecule has 1 aromatic rings. The lowest BCUT2D eigenvalue weighted by atomic mass is 9.74. The molecule has 0 saturated heterocycles. The van der Waals surface area contributed by atoms with E-state index in [2.05, 4.69) is 10.3 Å². The molecule has 2 N–H and O–H groups in total. The molecule has 1 fully saturated rings. The molecule has 20 heavy (non-hydrogen) atoms. The molecule has 6 heteroatoms. The van der Waals surface area contributed by atoms with Crippen LogP contribution in [-0.4, -0.2) is 23.2 Å². The van der Waals surface area contributed by atoms with Crippen molar-refractivity contribution in [3.63, 3.8) is 0 Å².